The van der Waals surface area contributed by atoms with Crippen molar-refractivity contribution in [3.05, 3.63) is 35.4 Å². The van der Waals surface area contributed by atoms with Crippen molar-refractivity contribution in [1.82, 2.24) is 4.90 Å². The van der Waals surface area contributed by atoms with Crippen molar-refractivity contribution in [3.63, 3.8) is 0 Å². The van der Waals surface area contributed by atoms with E-state index in [1.807, 2.05) is 13.8 Å². The van der Waals surface area contributed by atoms with Crippen LogP contribution in [-0.2, 0) is 15.7 Å². The first-order chi connectivity index (χ1) is 12.2. The predicted octanol–water partition coefficient (Wildman–Crippen LogP) is 4.36. The van der Waals surface area contributed by atoms with Crippen LogP contribution in [0.15, 0.2) is 24.3 Å². The highest BCUT2D eigenvalue weighted by Gasteiger charge is 2.33. The maximum Gasteiger partial charge on any atom is 0.416 e. The average molecular weight is 373 g/mol. The summed E-state index contributed by atoms with van der Waals surface area (Å²) in [4.78, 5) is 13.2. The van der Waals surface area contributed by atoms with Gasteiger partial charge in [-0.1, -0.05) is 12.1 Å². The number of carboxylic acids is 1. The van der Waals surface area contributed by atoms with Crippen LogP contribution in [0.5, 0.6) is 0 Å². The summed E-state index contributed by atoms with van der Waals surface area (Å²) in [5.41, 5.74) is 0.117. The average Bonchev–Trinajstić information content (AvgIpc) is 2.54. The zero-order chi connectivity index (χ0) is 19.3. The summed E-state index contributed by atoms with van der Waals surface area (Å²) in [6, 6.07) is 5.11. The number of rotatable bonds is 7. The lowest BCUT2D eigenvalue weighted by Crippen LogP contribution is -2.39. The number of piperidine rings is 1. The van der Waals surface area contributed by atoms with Gasteiger partial charge in [-0.25, -0.2) is 0 Å². The lowest BCUT2D eigenvalue weighted by atomic mass is 9.85. The molecule has 146 valence electrons. The van der Waals surface area contributed by atoms with Crippen molar-refractivity contribution in [1.29, 1.82) is 0 Å². The van der Waals surface area contributed by atoms with Crippen LogP contribution in [0.4, 0.5) is 13.2 Å². The number of nitrogens with zero attached hydrogens (tertiary/aromatic N) is 1. The highest BCUT2D eigenvalue weighted by molar-refractivity contribution is 5.67. The zero-order valence-electron chi connectivity index (χ0n) is 15.1. The first-order valence-electron chi connectivity index (χ1n) is 8.91. The molecule has 0 spiro atoms. The molecule has 0 aliphatic carbocycles. The molecule has 2 atom stereocenters. The first kappa shape index (κ1) is 20.7. The summed E-state index contributed by atoms with van der Waals surface area (Å²) in [6.45, 7) is 5.83. The van der Waals surface area contributed by atoms with Crippen LogP contribution in [0.25, 0.3) is 0 Å². The third-order valence-electron chi connectivity index (χ3n) is 4.74. The Labute approximate surface area is 151 Å². The molecule has 1 fully saturated rings. The number of ether oxygens (including phenoxy) is 1. The molecule has 4 nitrogen and oxygen atoms in total. The molecule has 1 aliphatic rings. The van der Waals surface area contributed by atoms with Crippen LogP contribution in [-0.4, -0.2) is 41.8 Å². The molecule has 1 aliphatic heterocycles. The van der Waals surface area contributed by atoms with E-state index in [9.17, 15) is 18.0 Å². The Morgan fingerprint density at radius 1 is 1.31 bits per heavy atom. The number of hydrogen-bond acceptors (Lipinski definition) is 3. The summed E-state index contributed by atoms with van der Waals surface area (Å²) in [5, 5.41) is 9.06. The summed E-state index contributed by atoms with van der Waals surface area (Å²) in [5.74, 6) is -0.806. The topological polar surface area (TPSA) is 49.8 Å². The van der Waals surface area contributed by atoms with Crippen LogP contribution in [0.1, 0.15) is 50.3 Å². The number of likely N-dealkylation sites (tertiary alicyclic amines) is 1. The van der Waals surface area contributed by atoms with Crippen molar-refractivity contribution in [2.75, 3.05) is 19.7 Å². The molecule has 7 heteroatoms. The Kier molecular flexibility index (Phi) is 7.06. The van der Waals surface area contributed by atoms with Gasteiger partial charge in [0, 0.05) is 19.0 Å². The first-order valence-corrected chi connectivity index (χ1v) is 8.91. The Morgan fingerprint density at radius 3 is 2.50 bits per heavy atom. The van der Waals surface area contributed by atoms with E-state index >= 15 is 0 Å². The van der Waals surface area contributed by atoms with Gasteiger partial charge in [-0.15, -0.1) is 0 Å². The minimum absolute atomic E-state index is 0.0297. The summed E-state index contributed by atoms with van der Waals surface area (Å²) in [6.07, 6.45) is -2.76. The number of halogens is 3. The number of hydrogen-bond donors (Lipinski definition) is 1. The van der Waals surface area contributed by atoms with Gasteiger partial charge < -0.3 is 9.84 Å². The van der Waals surface area contributed by atoms with E-state index in [1.165, 1.54) is 12.1 Å². The van der Waals surface area contributed by atoms with Gasteiger partial charge >= 0.3 is 12.1 Å². The van der Waals surface area contributed by atoms with Gasteiger partial charge in [-0.3, -0.25) is 9.69 Å². The van der Waals surface area contributed by atoms with E-state index in [4.69, 9.17) is 9.84 Å². The molecule has 0 amide bonds. The van der Waals surface area contributed by atoms with Crippen LogP contribution < -0.4 is 0 Å². The fourth-order valence-electron chi connectivity index (χ4n) is 3.43. The number of aliphatic carboxylic acids is 1. The SMILES string of the molecule is CC(C)OCCN1CC[C@@H](CC(=O)O)C[C@H]1c1ccc(C(F)(F)F)cc1. The van der Waals surface area contributed by atoms with Gasteiger partial charge in [0.05, 0.1) is 18.3 Å². The number of carbonyl (C=O) groups is 1. The Bertz CT molecular complexity index is 587. The zero-order valence-corrected chi connectivity index (χ0v) is 15.1. The van der Waals surface area contributed by atoms with Crippen LogP contribution in [0.3, 0.4) is 0 Å². The number of alkyl halides is 3. The molecule has 0 aromatic heterocycles. The normalized spacial score (nSPS) is 21.9. The molecule has 0 radical (unpaired) electrons. The molecule has 1 heterocycles. The number of carboxylic acid groups (broad SMARTS) is 1. The molecular weight excluding hydrogens is 347 g/mol. The van der Waals surface area contributed by atoms with Gasteiger partial charge in [0.1, 0.15) is 0 Å². The van der Waals surface area contributed by atoms with Crippen molar-refractivity contribution < 1.29 is 27.8 Å². The van der Waals surface area contributed by atoms with Crippen molar-refractivity contribution in [3.8, 4) is 0 Å². The summed E-state index contributed by atoms with van der Waals surface area (Å²) in [7, 11) is 0. The van der Waals surface area contributed by atoms with E-state index in [2.05, 4.69) is 4.90 Å². The largest absolute Gasteiger partial charge is 0.481 e. The van der Waals surface area contributed by atoms with Gasteiger partial charge in [-0.2, -0.15) is 13.2 Å². The quantitative estimate of drug-likeness (QED) is 0.772. The fourth-order valence-corrected chi connectivity index (χ4v) is 3.43. The molecule has 1 aromatic carbocycles. The molecule has 0 bridgehead atoms. The van der Waals surface area contributed by atoms with Gasteiger partial charge in [0.15, 0.2) is 0 Å². The van der Waals surface area contributed by atoms with Crippen LogP contribution in [0, 0.1) is 5.92 Å². The minimum Gasteiger partial charge on any atom is -0.481 e. The molecular formula is C19H26F3NO3. The molecule has 1 N–H and O–H groups in total. The second-order valence-electron chi connectivity index (χ2n) is 7.08. The lowest BCUT2D eigenvalue weighted by Gasteiger charge is -2.39. The Hall–Kier alpha value is -1.60. The van der Waals surface area contributed by atoms with E-state index in [0.717, 1.165) is 24.1 Å². The minimum atomic E-state index is -4.36. The number of benzene rings is 1. The van der Waals surface area contributed by atoms with Gasteiger partial charge in [0.25, 0.3) is 0 Å². The van der Waals surface area contributed by atoms with Crippen LogP contribution in [0.2, 0.25) is 0 Å². The van der Waals surface area contributed by atoms with E-state index in [-0.39, 0.29) is 24.5 Å². The fraction of sp³-hybridized carbons (Fsp3) is 0.632. The highest BCUT2D eigenvalue weighted by atomic mass is 19.4. The molecule has 0 unspecified atom stereocenters. The summed E-state index contributed by atoms with van der Waals surface area (Å²) < 4.78 is 44.0. The Balaban J connectivity index is 2.14. The van der Waals surface area contributed by atoms with Crippen molar-refractivity contribution in [2.24, 2.45) is 5.92 Å². The third-order valence-corrected chi connectivity index (χ3v) is 4.74. The van der Waals surface area contributed by atoms with Gasteiger partial charge in [0.2, 0.25) is 0 Å². The maximum atomic E-state index is 12.8. The summed E-state index contributed by atoms with van der Waals surface area (Å²) >= 11 is 0. The molecule has 1 saturated heterocycles. The van der Waals surface area contributed by atoms with Crippen molar-refractivity contribution in [2.45, 2.75) is 51.4 Å². The molecule has 1 aromatic rings. The second-order valence-corrected chi connectivity index (χ2v) is 7.08. The smallest absolute Gasteiger partial charge is 0.416 e. The second kappa shape index (κ2) is 8.86. The van der Waals surface area contributed by atoms with Crippen LogP contribution >= 0.6 is 0 Å². The standard InChI is InChI=1S/C19H26F3NO3/c1-13(2)26-10-9-23-8-7-14(12-18(24)25)11-17(23)15-3-5-16(6-4-15)19(20,21)22/h3-6,13-14,17H,7-12H2,1-2H3,(H,24,25)/t14-,17+/m1/s1. The molecule has 2 rings (SSSR count). The third kappa shape index (κ3) is 5.99. The Morgan fingerprint density at radius 2 is 1.96 bits per heavy atom. The molecule has 26 heavy (non-hydrogen) atoms. The highest BCUT2D eigenvalue weighted by Crippen LogP contribution is 2.37. The monoisotopic (exact) mass is 373 g/mol. The predicted molar refractivity (Wildman–Crippen MR) is 91.8 cm³/mol. The van der Waals surface area contributed by atoms with Crippen molar-refractivity contribution >= 4 is 5.97 Å². The lowest BCUT2D eigenvalue weighted by molar-refractivity contribution is -0.139. The van der Waals surface area contributed by atoms with Gasteiger partial charge in [-0.05, 0) is 56.8 Å². The van der Waals surface area contributed by atoms with E-state index < -0.39 is 17.7 Å². The van der Waals surface area contributed by atoms with E-state index in [1.54, 1.807) is 0 Å². The molecule has 0 saturated carbocycles. The van der Waals surface area contributed by atoms with E-state index in [0.29, 0.717) is 26.1 Å². The maximum absolute atomic E-state index is 12.8.